The molecule has 1 rings (SSSR count). The molecule has 0 bridgehead atoms. The summed E-state index contributed by atoms with van der Waals surface area (Å²) in [6.45, 7) is 1.86. The van der Waals surface area contributed by atoms with Gasteiger partial charge in [0.2, 0.25) is 5.91 Å². The number of carbonyl (C=O) groups is 1. The maximum absolute atomic E-state index is 12.0. The molecule has 2 nitrogen and oxygen atoms in total. The molecular formula is C24H46FNO. The Hall–Kier alpha value is -0.600. The fourth-order valence-electron chi connectivity index (χ4n) is 4.15. The third kappa shape index (κ3) is 15.0. The Morgan fingerprint density at radius 2 is 0.889 bits per heavy atom. The average Bonchev–Trinajstić information content (AvgIpc) is 3.22. The summed E-state index contributed by atoms with van der Waals surface area (Å²) in [5.74, 6) is 0.393. The van der Waals surface area contributed by atoms with Gasteiger partial charge in [-0.15, -0.1) is 0 Å². The van der Waals surface area contributed by atoms with Crippen molar-refractivity contribution in [3.05, 3.63) is 0 Å². The van der Waals surface area contributed by atoms with E-state index >= 15 is 0 Å². The number of rotatable bonds is 19. The molecule has 0 N–H and O–H groups in total. The predicted molar refractivity (Wildman–Crippen MR) is 115 cm³/mol. The molecule has 0 aromatic heterocycles. The molecule has 0 atom stereocenters. The minimum Gasteiger partial charge on any atom is -0.343 e. The van der Waals surface area contributed by atoms with E-state index in [9.17, 15) is 9.18 Å². The molecule has 0 radical (unpaired) electrons. The number of carbonyl (C=O) groups excluding carboxylic acids is 1. The second-order valence-electron chi connectivity index (χ2n) is 8.54. The zero-order chi connectivity index (χ0) is 19.4. The van der Waals surface area contributed by atoms with E-state index in [-0.39, 0.29) is 6.67 Å². The summed E-state index contributed by atoms with van der Waals surface area (Å²) in [7, 11) is 0. The summed E-state index contributed by atoms with van der Waals surface area (Å²) in [5.41, 5.74) is 0. The Kier molecular flexibility index (Phi) is 17.0. The number of unbranched alkanes of at least 4 members (excludes halogenated alkanes) is 16. The van der Waals surface area contributed by atoms with Crippen molar-refractivity contribution in [3.8, 4) is 0 Å². The van der Waals surface area contributed by atoms with Gasteiger partial charge in [-0.2, -0.15) is 0 Å². The van der Waals surface area contributed by atoms with Gasteiger partial charge >= 0.3 is 0 Å². The maximum atomic E-state index is 12.0. The van der Waals surface area contributed by atoms with Gasteiger partial charge in [-0.3, -0.25) is 9.18 Å². The SMILES string of the molecule is O=C(CCCCCCCCCCCCCCCCCCCF)N1CCCC1. The van der Waals surface area contributed by atoms with Gasteiger partial charge in [-0.1, -0.05) is 96.3 Å². The molecule has 1 saturated heterocycles. The van der Waals surface area contributed by atoms with Crippen molar-refractivity contribution in [3.63, 3.8) is 0 Å². The highest BCUT2D eigenvalue weighted by atomic mass is 19.1. The summed E-state index contributed by atoms with van der Waals surface area (Å²) < 4.78 is 12.0. The second kappa shape index (κ2) is 18.7. The Morgan fingerprint density at radius 3 is 1.26 bits per heavy atom. The lowest BCUT2D eigenvalue weighted by Crippen LogP contribution is -2.27. The fraction of sp³-hybridized carbons (Fsp3) is 0.958. The van der Waals surface area contributed by atoms with Crippen LogP contribution in [0.15, 0.2) is 0 Å². The minimum absolute atomic E-state index is 0.139. The number of alkyl halides is 1. The third-order valence-electron chi connectivity index (χ3n) is 5.98. The first-order valence-electron chi connectivity index (χ1n) is 12.2. The summed E-state index contributed by atoms with van der Waals surface area (Å²) in [6, 6.07) is 0. The van der Waals surface area contributed by atoms with E-state index in [2.05, 4.69) is 4.90 Å². The van der Waals surface area contributed by atoms with Crippen molar-refractivity contribution in [1.29, 1.82) is 0 Å². The van der Waals surface area contributed by atoms with Crippen LogP contribution in [0, 0.1) is 0 Å². The van der Waals surface area contributed by atoms with E-state index in [0.29, 0.717) is 5.91 Å². The molecule has 0 unspecified atom stereocenters. The molecule has 0 saturated carbocycles. The zero-order valence-electron chi connectivity index (χ0n) is 18.0. The molecule has 1 amide bonds. The smallest absolute Gasteiger partial charge is 0.222 e. The molecule has 1 aliphatic rings. The van der Waals surface area contributed by atoms with Crippen LogP contribution < -0.4 is 0 Å². The van der Waals surface area contributed by atoms with Gasteiger partial charge in [-0.05, 0) is 25.7 Å². The van der Waals surface area contributed by atoms with Crippen molar-refractivity contribution in [1.82, 2.24) is 4.90 Å². The minimum atomic E-state index is -0.139. The van der Waals surface area contributed by atoms with Gasteiger partial charge < -0.3 is 4.90 Å². The van der Waals surface area contributed by atoms with Crippen molar-refractivity contribution in [2.24, 2.45) is 0 Å². The highest BCUT2D eigenvalue weighted by Gasteiger charge is 2.16. The Balaban J connectivity index is 1.68. The van der Waals surface area contributed by atoms with Crippen LogP contribution in [-0.4, -0.2) is 30.6 Å². The molecule has 0 aromatic carbocycles. The lowest BCUT2D eigenvalue weighted by Gasteiger charge is -2.14. The predicted octanol–water partition coefficient (Wildman–Crippen LogP) is 7.60. The normalized spacial score (nSPS) is 14.2. The molecule has 3 heteroatoms. The van der Waals surface area contributed by atoms with Gasteiger partial charge in [0.05, 0.1) is 6.67 Å². The van der Waals surface area contributed by atoms with E-state index in [1.807, 2.05) is 0 Å². The van der Waals surface area contributed by atoms with Crippen molar-refractivity contribution in [2.45, 2.75) is 128 Å². The van der Waals surface area contributed by atoms with E-state index in [0.717, 1.165) is 38.8 Å². The van der Waals surface area contributed by atoms with Gasteiger partial charge in [0, 0.05) is 19.5 Å². The topological polar surface area (TPSA) is 20.3 Å². The number of hydrogen-bond donors (Lipinski definition) is 0. The highest BCUT2D eigenvalue weighted by Crippen LogP contribution is 2.15. The lowest BCUT2D eigenvalue weighted by molar-refractivity contribution is -0.130. The van der Waals surface area contributed by atoms with Crippen LogP contribution in [0.5, 0.6) is 0 Å². The standard InChI is InChI=1S/C24H46FNO/c25-21-17-15-13-11-9-7-5-3-1-2-4-6-8-10-12-14-16-20-24(27)26-22-18-19-23-26/h1-23H2. The lowest BCUT2D eigenvalue weighted by atomic mass is 10.0. The van der Waals surface area contributed by atoms with Crippen molar-refractivity contribution < 1.29 is 9.18 Å². The highest BCUT2D eigenvalue weighted by molar-refractivity contribution is 5.76. The monoisotopic (exact) mass is 383 g/mol. The van der Waals surface area contributed by atoms with E-state index in [1.165, 1.54) is 103 Å². The van der Waals surface area contributed by atoms with Crippen LogP contribution >= 0.6 is 0 Å². The van der Waals surface area contributed by atoms with Gasteiger partial charge in [-0.25, -0.2) is 0 Å². The van der Waals surface area contributed by atoms with Gasteiger partial charge in [0.25, 0.3) is 0 Å². The largest absolute Gasteiger partial charge is 0.343 e. The Bertz CT molecular complexity index is 328. The van der Waals surface area contributed by atoms with Crippen LogP contribution in [0.2, 0.25) is 0 Å². The third-order valence-corrected chi connectivity index (χ3v) is 5.98. The maximum Gasteiger partial charge on any atom is 0.222 e. The number of nitrogens with zero attached hydrogens (tertiary/aromatic N) is 1. The molecule has 0 aromatic rings. The van der Waals surface area contributed by atoms with Crippen molar-refractivity contribution in [2.75, 3.05) is 19.8 Å². The number of amides is 1. The molecular weight excluding hydrogens is 337 g/mol. The van der Waals surface area contributed by atoms with E-state index < -0.39 is 0 Å². The Morgan fingerprint density at radius 1 is 0.556 bits per heavy atom. The summed E-state index contributed by atoms with van der Waals surface area (Å²) in [4.78, 5) is 14.0. The van der Waals surface area contributed by atoms with Crippen LogP contribution in [0.3, 0.4) is 0 Å². The first-order valence-corrected chi connectivity index (χ1v) is 12.2. The summed E-state index contributed by atoms with van der Waals surface area (Å²) in [5, 5.41) is 0. The van der Waals surface area contributed by atoms with Crippen molar-refractivity contribution >= 4 is 5.91 Å². The van der Waals surface area contributed by atoms with Crippen LogP contribution in [0.25, 0.3) is 0 Å². The van der Waals surface area contributed by atoms with E-state index in [1.54, 1.807) is 0 Å². The first kappa shape index (κ1) is 24.4. The average molecular weight is 384 g/mol. The van der Waals surface area contributed by atoms with E-state index in [4.69, 9.17) is 0 Å². The second-order valence-corrected chi connectivity index (χ2v) is 8.54. The quantitative estimate of drug-likeness (QED) is 0.210. The molecule has 1 heterocycles. The Labute approximate surface area is 168 Å². The van der Waals surface area contributed by atoms with Gasteiger partial charge in [0.1, 0.15) is 0 Å². The fourth-order valence-corrected chi connectivity index (χ4v) is 4.15. The number of halogens is 1. The van der Waals surface area contributed by atoms with Gasteiger partial charge in [0.15, 0.2) is 0 Å². The molecule has 0 spiro atoms. The zero-order valence-corrected chi connectivity index (χ0v) is 18.0. The first-order chi connectivity index (χ1) is 13.3. The number of hydrogen-bond acceptors (Lipinski definition) is 1. The molecule has 27 heavy (non-hydrogen) atoms. The number of likely N-dealkylation sites (tertiary alicyclic amines) is 1. The van der Waals surface area contributed by atoms with Crippen LogP contribution in [0.4, 0.5) is 4.39 Å². The molecule has 1 fully saturated rings. The van der Waals surface area contributed by atoms with Crippen LogP contribution in [0.1, 0.15) is 128 Å². The van der Waals surface area contributed by atoms with Crippen LogP contribution in [-0.2, 0) is 4.79 Å². The molecule has 1 aliphatic heterocycles. The molecule has 0 aliphatic carbocycles. The summed E-state index contributed by atoms with van der Waals surface area (Å²) in [6.07, 6.45) is 25.0. The summed E-state index contributed by atoms with van der Waals surface area (Å²) >= 11 is 0. The molecule has 160 valence electrons.